The third-order valence-electron chi connectivity index (χ3n) is 2.59. The zero-order chi connectivity index (χ0) is 14.7. The van der Waals surface area contributed by atoms with Crippen LogP contribution in [0.4, 0.5) is 5.13 Å². The van der Waals surface area contributed by atoms with Gasteiger partial charge in [0.25, 0.3) is 5.91 Å². The molecule has 104 valence electrons. The number of anilines is 1. The molecule has 6 nitrogen and oxygen atoms in total. The molecule has 20 heavy (non-hydrogen) atoms. The first-order chi connectivity index (χ1) is 9.47. The van der Waals surface area contributed by atoms with Crippen molar-refractivity contribution < 1.29 is 19.8 Å². The predicted molar refractivity (Wildman–Crippen MR) is 74.3 cm³/mol. The monoisotopic (exact) mass is 292 g/mol. The number of amides is 1. The summed E-state index contributed by atoms with van der Waals surface area (Å²) in [5.74, 6) is -1.54. The first-order valence-electron chi connectivity index (χ1n) is 5.73. The Balaban J connectivity index is 2.13. The molecule has 0 radical (unpaired) electrons. The number of carboxylic acids is 1. The van der Waals surface area contributed by atoms with Crippen LogP contribution in [0.2, 0.25) is 0 Å². The average Bonchev–Trinajstić information content (AvgIpc) is 2.79. The van der Waals surface area contributed by atoms with E-state index in [0.717, 1.165) is 11.3 Å². The number of carbonyl (C=O) groups is 2. The van der Waals surface area contributed by atoms with Gasteiger partial charge in [0, 0.05) is 5.38 Å². The number of aromatic nitrogens is 1. The van der Waals surface area contributed by atoms with Crippen molar-refractivity contribution in [2.24, 2.45) is 0 Å². The van der Waals surface area contributed by atoms with Crippen LogP contribution in [-0.4, -0.2) is 27.1 Å². The van der Waals surface area contributed by atoms with E-state index in [9.17, 15) is 14.7 Å². The van der Waals surface area contributed by atoms with Crippen LogP contribution < -0.4 is 5.32 Å². The quantitative estimate of drug-likeness (QED) is 0.800. The van der Waals surface area contributed by atoms with Gasteiger partial charge in [0.05, 0.1) is 17.7 Å². The SMILES string of the molecule is Cc1cccc(C(=O)Nc2nc(CC(=O)O)cs2)c1O. The highest BCUT2D eigenvalue weighted by Gasteiger charge is 2.14. The van der Waals surface area contributed by atoms with E-state index in [-0.39, 0.29) is 17.7 Å². The van der Waals surface area contributed by atoms with Crippen LogP contribution in [0.25, 0.3) is 0 Å². The summed E-state index contributed by atoms with van der Waals surface area (Å²) in [5, 5.41) is 22.9. The molecule has 0 aliphatic rings. The second-order valence-electron chi connectivity index (χ2n) is 4.14. The fraction of sp³-hybridized carbons (Fsp3) is 0.154. The number of para-hydroxylation sites is 1. The van der Waals surface area contributed by atoms with Gasteiger partial charge in [0.15, 0.2) is 5.13 Å². The van der Waals surface area contributed by atoms with Crippen molar-refractivity contribution in [3.63, 3.8) is 0 Å². The van der Waals surface area contributed by atoms with Gasteiger partial charge in [-0.1, -0.05) is 12.1 Å². The molecule has 2 rings (SSSR count). The van der Waals surface area contributed by atoms with Crippen LogP contribution in [0.15, 0.2) is 23.6 Å². The minimum atomic E-state index is -0.982. The Hall–Kier alpha value is -2.41. The van der Waals surface area contributed by atoms with E-state index in [0.29, 0.717) is 16.4 Å². The van der Waals surface area contributed by atoms with Crippen LogP contribution in [0.1, 0.15) is 21.6 Å². The molecule has 1 aromatic carbocycles. The first kappa shape index (κ1) is 14.0. The molecule has 0 bridgehead atoms. The molecule has 0 aliphatic heterocycles. The topological polar surface area (TPSA) is 99.5 Å². The van der Waals surface area contributed by atoms with Crippen molar-refractivity contribution in [1.29, 1.82) is 0 Å². The minimum Gasteiger partial charge on any atom is -0.507 e. The number of carboxylic acid groups (broad SMARTS) is 1. The fourth-order valence-corrected chi connectivity index (χ4v) is 2.31. The number of hydrogen-bond acceptors (Lipinski definition) is 5. The lowest BCUT2D eigenvalue weighted by molar-refractivity contribution is -0.136. The molecule has 0 unspecified atom stereocenters. The highest BCUT2D eigenvalue weighted by molar-refractivity contribution is 7.14. The number of aryl methyl sites for hydroxylation is 1. The molecule has 0 saturated heterocycles. The number of hydrogen-bond donors (Lipinski definition) is 3. The maximum Gasteiger partial charge on any atom is 0.309 e. The van der Waals surface area contributed by atoms with Crippen LogP contribution in [0.3, 0.4) is 0 Å². The molecule has 1 heterocycles. The summed E-state index contributed by atoms with van der Waals surface area (Å²) >= 11 is 1.14. The molecule has 0 aliphatic carbocycles. The molecule has 3 N–H and O–H groups in total. The Labute approximate surface area is 118 Å². The number of phenols is 1. The number of aliphatic carboxylic acids is 1. The zero-order valence-corrected chi connectivity index (χ0v) is 11.4. The van der Waals surface area contributed by atoms with E-state index >= 15 is 0 Å². The molecule has 7 heteroatoms. The number of aromatic hydroxyl groups is 1. The highest BCUT2D eigenvalue weighted by atomic mass is 32.1. The summed E-state index contributed by atoms with van der Waals surface area (Å²) < 4.78 is 0. The summed E-state index contributed by atoms with van der Waals surface area (Å²) in [5.41, 5.74) is 1.13. The lowest BCUT2D eigenvalue weighted by atomic mass is 10.1. The van der Waals surface area contributed by atoms with Crippen LogP contribution in [0.5, 0.6) is 5.75 Å². The summed E-state index contributed by atoms with van der Waals surface area (Å²) in [4.78, 5) is 26.5. The van der Waals surface area contributed by atoms with Gasteiger partial charge in [-0.25, -0.2) is 4.98 Å². The van der Waals surface area contributed by atoms with Crippen LogP contribution in [0, 0.1) is 6.92 Å². The van der Waals surface area contributed by atoms with Crippen LogP contribution in [-0.2, 0) is 11.2 Å². The fourth-order valence-electron chi connectivity index (χ4n) is 1.61. The third kappa shape index (κ3) is 3.12. The van der Waals surface area contributed by atoms with E-state index in [1.807, 2.05) is 0 Å². The van der Waals surface area contributed by atoms with E-state index in [4.69, 9.17) is 5.11 Å². The first-order valence-corrected chi connectivity index (χ1v) is 6.61. The molecule has 0 spiro atoms. The number of thiazole rings is 1. The number of benzene rings is 1. The minimum absolute atomic E-state index is 0.0766. The van der Waals surface area contributed by atoms with Gasteiger partial charge >= 0.3 is 5.97 Å². The Morgan fingerprint density at radius 3 is 2.85 bits per heavy atom. The number of nitrogens with zero attached hydrogens (tertiary/aromatic N) is 1. The average molecular weight is 292 g/mol. The molecule has 2 aromatic rings. The standard InChI is InChI=1S/C13H12N2O4S/c1-7-3-2-4-9(11(7)18)12(19)15-13-14-8(6-20-13)5-10(16)17/h2-4,6,18H,5H2,1H3,(H,16,17)(H,14,15,19). The number of rotatable bonds is 4. The van der Waals surface area contributed by atoms with Gasteiger partial charge in [-0.2, -0.15) is 0 Å². The third-order valence-corrected chi connectivity index (χ3v) is 3.39. The van der Waals surface area contributed by atoms with Crippen molar-refractivity contribution in [1.82, 2.24) is 4.98 Å². The second kappa shape index (κ2) is 5.70. The molecule has 0 saturated carbocycles. The van der Waals surface area contributed by atoms with E-state index < -0.39 is 11.9 Å². The summed E-state index contributed by atoms with van der Waals surface area (Å²) in [6.07, 6.45) is -0.192. The largest absolute Gasteiger partial charge is 0.507 e. The lowest BCUT2D eigenvalue weighted by Crippen LogP contribution is -2.12. The number of nitrogens with one attached hydrogen (secondary N) is 1. The van der Waals surface area contributed by atoms with Crippen molar-refractivity contribution in [2.75, 3.05) is 5.32 Å². The summed E-state index contributed by atoms with van der Waals surface area (Å²) in [6, 6.07) is 4.87. The zero-order valence-electron chi connectivity index (χ0n) is 10.6. The smallest absolute Gasteiger partial charge is 0.309 e. The lowest BCUT2D eigenvalue weighted by Gasteiger charge is -2.06. The second-order valence-corrected chi connectivity index (χ2v) is 5.00. The Kier molecular flexibility index (Phi) is 3.99. The summed E-state index contributed by atoms with van der Waals surface area (Å²) in [7, 11) is 0. The maximum atomic E-state index is 12.0. The Morgan fingerprint density at radius 1 is 1.40 bits per heavy atom. The van der Waals surface area contributed by atoms with E-state index in [2.05, 4.69) is 10.3 Å². The molecule has 1 aromatic heterocycles. The Bertz CT molecular complexity index is 666. The summed E-state index contributed by atoms with van der Waals surface area (Å²) in [6.45, 7) is 1.69. The highest BCUT2D eigenvalue weighted by Crippen LogP contribution is 2.23. The predicted octanol–water partition coefficient (Wildman–Crippen LogP) is 2.04. The van der Waals surface area contributed by atoms with Crippen molar-refractivity contribution in [3.8, 4) is 5.75 Å². The van der Waals surface area contributed by atoms with E-state index in [1.165, 1.54) is 6.07 Å². The van der Waals surface area contributed by atoms with Gasteiger partial charge in [-0.3, -0.25) is 14.9 Å². The molecule has 0 fully saturated rings. The molecule has 0 atom stereocenters. The van der Waals surface area contributed by atoms with Gasteiger partial charge in [-0.15, -0.1) is 11.3 Å². The molecule has 1 amide bonds. The van der Waals surface area contributed by atoms with Crippen molar-refractivity contribution in [2.45, 2.75) is 13.3 Å². The van der Waals surface area contributed by atoms with Crippen LogP contribution >= 0.6 is 11.3 Å². The van der Waals surface area contributed by atoms with E-state index in [1.54, 1.807) is 24.4 Å². The Morgan fingerprint density at radius 2 is 2.15 bits per heavy atom. The maximum absolute atomic E-state index is 12.0. The van der Waals surface area contributed by atoms with Crippen molar-refractivity contribution in [3.05, 3.63) is 40.4 Å². The van der Waals surface area contributed by atoms with Gasteiger partial charge < -0.3 is 10.2 Å². The van der Waals surface area contributed by atoms with Gasteiger partial charge in [-0.05, 0) is 18.6 Å². The van der Waals surface area contributed by atoms with Crippen molar-refractivity contribution >= 4 is 28.3 Å². The number of phenolic OH excluding ortho intramolecular Hbond substituents is 1. The molecular weight excluding hydrogens is 280 g/mol. The normalized spacial score (nSPS) is 10.2. The molecular formula is C13H12N2O4S. The van der Waals surface area contributed by atoms with Gasteiger partial charge in [0.2, 0.25) is 0 Å². The van der Waals surface area contributed by atoms with Gasteiger partial charge in [0.1, 0.15) is 5.75 Å². The number of carbonyl (C=O) groups excluding carboxylic acids is 1.